The van der Waals surface area contributed by atoms with Crippen LogP contribution in [0.25, 0.3) is 0 Å². The fourth-order valence-electron chi connectivity index (χ4n) is 2.56. The highest BCUT2D eigenvalue weighted by Crippen LogP contribution is 2.21. The monoisotopic (exact) mass is 241 g/mol. The van der Waals surface area contributed by atoms with E-state index < -0.39 is 0 Å². The number of hydrogen-bond acceptors (Lipinski definition) is 2. The van der Waals surface area contributed by atoms with E-state index in [0.29, 0.717) is 18.7 Å². The predicted molar refractivity (Wildman–Crippen MR) is 72.9 cm³/mol. The zero-order valence-electron chi connectivity index (χ0n) is 10.6. The second kappa shape index (κ2) is 6.37. The molecule has 1 saturated carbocycles. The van der Waals surface area contributed by atoms with Crippen LogP contribution in [0.15, 0.2) is 30.3 Å². The molecule has 2 rings (SSSR count). The molecule has 94 valence electrons. The fraction of sp³-hybridized carbons (Fsp3) is 0.438. The van der Waals surface area contributed by atoms with Crippen molar-refractivity contribution in [2.75, 3.05) is 6.54 Å². The van der Waals surface area contributed by atoms with Crippen molar-refractivity contribution in [3.05, 3.63) is 35.9 Å². The molecule has 1 atom stereocenters. The Morgan fingerprint density at radius 2 is 2.06 bits per heavy atom. The minimum Gasteiger partial charge on any atom is -0.298 e. The summed E-state index contributed by atoms with van der Waals surface area (Å²) in [7, 11) is 0. The van der Waals surface area contributed by atoms with Crippen LogP contribution in [-0.2, 0) is 11.3 Å². The average molecular weight is 241 g/mol. The molecule has 0 N–H and O–H groups in total. The summed E-state index contributed by atoms with van der Waals surface area (Å²) in [5.74, 6) is 3.03. The van der Waals surface area contributed by atoms with E-state index in [-0.39, 0.29) is 6.04 Å². The van der Waals surface area contributed by atoms with Gasteiger partial charge < -0.3 is 0 Å². The topological polar surface area (TPSA) is 20.3 Å². The van der Waals surface area contributed by atoms with E-state index in [1.165, 1.54) is 5.56 Å². The van der Waals surface area contributed by atoms with Crippen LogP contribution in [-0.4, -0.2) is 23.3 Å². The van der Waals surface area contributed by atoms with E-state index in [0.717, 1.165) is 25.8 Å². The van der Waals surface area contributed by atoms with Crippen LogP contribution in [0.1, 0.15) is 31.2 Å². The molecular formula is C16H19NO. The first-order valence-corrected chi connectivity index (χ1v) is 6.55. The summed E-state index contributed by atoms with van der Waals surface area (Å²) in [6.45, 7) is 1.31. The van der Waals surface area contributed by atoms with Gasteiger partial charge in [0.15, 0.2) is 0 Å². The molecule has 0 aromatic heterocycles. The lowest BCUT2D eigenvalue weighted by molar-refractivity contribution is -0.126. The number of carbonyl (C=O) groups is 1. The summed E-state index contributed by atoms with van der Waals surface area (Å²) >= 11 is 0. The summed E-state index contributed by atoms with van der Waals surface area (Å²) < 4.78 is 0. The molecule has 0 amide bonds. The molecule has 1 aliphatic carbocycles. The van der Waals surface area contributed by atoms with E-state index in [4.69, 9.17) is 6.42 Å². The van der Waals surface area contributed by atoms with E-state index in [9.17, 15) is 4.79 Å². The largest absolute Gasteiger partial charge is 0.298 e. The van der Waals surface area contributed by atoms with E-state index in [2.05, 4.69) is 23.0 Å². The second-order valence-corrected chi connectivity index (χ2v) is 4.82. The first-order valence-electron chi connectivity index (χ1n) is 6.55. The van der Waals surface area contributed by atoms with Gasteiger partial charge in [0, 0.05) is 13.0 Å². The Hall–Kier alpha value is -1.59. The molecule has 0 spiro atoms. The maximum absolute atomic E-state index is 12.0. The average Bonchev–Trinajstić information content (AvgIpc) is 2.40. The van der Waals surface area contributed by atoms with Crippen molar-refractivity contribution >= 4 is 5.78 Å². The SMILES string of the molecule is C#CCN(Cc1ccccc1)C1CCCCC1=O. The number of carbonyl (C=O) groups excluding carboxylic acids is 1. The van der Waals surface area contributed by atoms with Crippen molar-refractivity contribution in [3.63, 3.8) is 0 Å². The van der Waals surface area contributed by atoms with Crippen LogP contribution in [0.2, 0.25) is 0 Å². The van der Waals surface area contributed by atoms with Crippen LogP contribution < -0.4 is 0 Å². The van der Waals surface area contributed by atoms with Crippen LogP contribution in [0.3, 0.4) is 0 Å². The Morgan fingerprint density at radius 3 is 2.72 bits per heavy atom. The third-order valence-electron chi connectivity index (χ3n) is 3.49. The van der Waals surface area contributed by atoms with Gasteiger partial charge in [-0.2, -0.15) is 0 Å². The van der Waals surface area contributed by atoms with Crippen molar-refractivity contribution in [1.82, 2.24) is 4.90 Å². The molecule has 2 nitrogen and oxygen atoms in total. The van der Waals surface area contributed by atoms with Gasteiger partial charge in [-0.25, -0.2) is 0 Å². The molecule has 0 bridgehead atoms. The number of nitrogens with zero attached hydrogens (tertiary/aromatic N) is 1. The summed E-state index contributed by atoms with van der Waals surface area (Å²) in [6, 6.07) is 10.2. The van der Waals surface area contributed by atoms with Gasteiger partial charge in [-0.1, -0.05) is 42.7 Å². The molecule has 1 aromatic rings. The molecule has 1 fully saturated rings. The lowest BCUT2D eigenvalue weighted by atomic mass is 9.92. The Labute approximate surface area is 109 Å². The first kappa shape index (κ1) is 12.9. The molecule has 1 unspecified atom stereocenters. The van der Waals surface area contributed by atoms with Crippen molar-refractivity contribution in [2.45, 2.75) is 38.3 Å². The molecule has 0 aliphatic heterocycles. The summed E-state index contributed by atoms with van der Waals surface area (Å²) in [5, 5.41) is 0. The number of ketones is 1. The van der Waals surface area contributed by atoms with E-state index in [1.807, 2.05) is 18.2 Å². The van der Waals surface area contributed by atoms with Crippen LogP contribution in [0, 0.1) is 12.3 Å². The van der Waals surface area contributed by atoms with Gasteiger partial charge in [-0.05, 0) is 18.4 Å². The highest BCUT2D eigenvalue weighted by Gasteiger charge is 2.27. The highest BCUT2D eigenvalue weighted by molar-refractivity contribution is 5.84. The number of benzene rings is 1. The van der Waals surface area contributed by atoms with Gasteiger partial charge in [0.25, 0.3) is 0 Å². The quantitative estimate of drug-likeness (QED) is 0.755. The van der Waals surface area contributed by atoms with E-state index >= 15 is 0 Å². The zero-order valence-corrected chi connectivity index (χ0v) is 10.6. The normalized spacial score (nSPS) is 19.8. The number of terminal acetylenes is 1. The van der Waals surface area contributed by atoms with Crippen LogP contribution in [0.4, 0.5) is 0 Å². The van der Waals surface area contributed by atoms with Gasteiger partial charge in [0.05, 0.1) is 12.6 Å². The Kier molecular flexibility index (Phi) is 4.55. The molecule has 1 aliphatic rings. The van der Waals surface area contributed by atoms with Crippen molar-refractivity contribution < 1.29 is 4.79 Å². The molecule has 0 heterocycles. The zero-order chi connectivity index (χ0) is 12.8. The number of Topliss-reactive ketones (excluding diaryl/α,β-unsaturated/α-hetero) is 1. The maximum Gasteiger partial charge on any atom is 0.150 e. The molecule has 0 radical (unpaired) electrons. The molecule has 18 heavy (non-hydrogen) atoms. The molecular weight excluding hydrogens is 222 g/mol. The lowest BCUT2D eigenvalue weighted by Crippen LogP contribution is -2.42. The minimum absolute atomic E-state index is 0.0232. The summed E-state index contributed by atoms with van der Waals surface area (Å²) in [6.07, 6.45) is 9.26. The van der Waals surface area contributed by atoms with Gasteiger partial charge in [0.2, 0.25) is 0 Å². The third-order valence-corrected chi connectivity index (χ3v) is 3.49. The molecule has 2 heteroatoms. The summed E-state index contributed by atoms with van der Waals surface area (Å²) in [4.78, 5) is 14.1. The lowest BCUT2D eigenvalue weighted by Gasteiger charge is -2.31. The smallest absolute Gasteiger partial charge is 0.150 e. The third kappa shape index (κ3) is 3.21. The Bertz CT molecular complexity index is 432. The highest BCUT2D eigenvalue weighted by atomic mass is 16.1. The van der Waals surface area contributed by atoms with E-state index in [1.54, 1.807) is 0 Å². The van der Waals surface area contributed by atoms with Gasteiger partial charge in [-0.15, -0.1) is 6.42 Å². The maximum atomic E-state index is 12.0. The second-order valence-electron chi connectivity index (χ2n) is 4.82. The summed E-state index contributed by atoms with van der Waals surface area (Å²) in [5.41, 5.74) is 1.21. The van der Waals surface area contributed by atoms with Gasteiger partial charge in [-0.3, -0.25) is 9.69 Å². The number of hydrogen-bond donors (Lipinski definition) is 0. The Morgan fingerprint density at radius 1 is 1.28 bits per heavy atom. The molecule has 0 saturated heterocycles. The van der Waals surface area contributed by atoms with Crippen molar-refractivity contribution in [2.24, 2.45) is 0 Å². The number of rotatable bonds is 4. The van der Waals surface area contributed by atoms with Crippen LogP contribution in [0.5, 0.6) is 0 Å². The Balaban J connectivity index is 2.08. The van der Waals surface area contributed by atoms with Gasteiger partial charge >= 0.3 is 0 Å². The minimum atomic E-state index is 0.0232. The predicted octanol–water partition coefficient (Wildman–Crippen LogP) is 2.63. The van der Waals surface area contributed by atoms with Crippen molar-refractivity contribution in [3.8, 4) is 12.3 Å². The van der Waals surface area contributed by atoms with Crippen LogP contribution >= 0.6 is 0 Å². The molecule has 1 aromatic carbocycles. The first-order chi connectivity index (χ1) is 8.81. The standard InChI is InChI=1S/C16H19NO/c1-2-12-17(13-14-8-4-3-5-9-14)15-10-6-7-11-16(15)18/h1,3-5,8-9,15H,6-7,10-13H2. The fourth-order valence-corrected chi connectivity index (χ4v) is 2.56. The van der Waals surface area contributed by atoms with Crippen molar-refractivity contribution in [1.29, 1.82) is 0 Å². The van der Waals surface area contributed by atoms with Gasteiger partial charge in [0.1, 0.15) is 5.78 Å².